The summed E-state index contributed by atoms with van der Waals surface area (Å²) in [6, 6.07) is 4.81. The summed E-state index contributed by atoms with van der Waals surface area (Å²) in [6.45, 7) is 5.28. The average molecular weight is 315 g/mol. The molecular formula is C15H16F3NO3. The first-order valence-corrected chi connectivity index (χ1v) is 6.85. The first-order valence-electron chi connectivity index (χ1n) is 6.85. The number of hydrogen-bond donors (Lipinski definition) is 1. The van der Waals surface area contributed by atoms with Crippen molar-refractivity contribution in [2.75, 3.05) is 18.0 Å². The lowest BCUT2D eigenvalue weighted by molar-refractivity contribution is -0.187. The van der Waals surface area contributed by atoms with E-state index in [0.29, 0.717) is 18.7 Å². The number of benzene rings is 1. The van der Waals surface area contributed by atoms with E-state index in [2.05, 4.69) is 0 Å². The summed E-state index contributed by atoms with van der Waals surface area (Å²) in [5, 5.41) is 8.96. The number of carbonyl (C=O) groups is 1. The summed E-state index contributed by atoms with van der Waals surface area (Å²) in [5.41, 5.74) is 0.251. The van der Waals surface area contributed by atoms with Crippen molar-refractivity contribution >= 4 is 17.7 Å². The molecule has 0 spiro atoms. The van der Waals surface area contributed by atoms with Gasteiger partial charge in [-0.25, -0.2) is 4.79 Å². The van der Waals surface area contributed by atoms with Gasteiger partial charge in [-0.3, -0.25) is 0 Å². The second-order valence-electron chi connectivity index (χ2n) is 4.84. The number of fused-ring (bicyclic) bond motifs is 1. The van der Waals surface area contributed by atoms with Crippen LogP contribution in [-0.2, 0) is 4.79 Å². The molecule has 1 N–H and O–H groups in total. The Kier molecular flexibility index (Phi) is 4.35. The average Bonchev–Trinajstić information content (AvgIpc) is 2.46. The van der Waals surface area contributed by atoms with Gasteiger partial charge in [0.15, 0.2) is 0 Å². The van der Waals surface area contributed by atoms with Crippen LogP contribution in [0, 0.1) is 0 Å². The molecule has 4 nitrogen and oxygen atoms in total. The standard InChI is InChI=1S/C15H16F3NO3/c1-3-19(4-2)10-6-5-9-7-11(14(20)21)13(15(16,17)18)22-12(9)8-10/h5-8,13H,3-4H2,1-2H3,(H,20,21)/t13-/m0/s1. The molecule has 0 fully saturated rings. The van der Waals surface area contributed by atoms with Crippen molar-refractivity contribution in [2.24, 2.45) is 0 Å². The van der Waals surface area contributed by atoms with Crippen molar-refractivity contribution in [1.82, 2.24) is 0 Å². The lowest BCUT2D eigenvalue weighted by Crippen LogP contribution is -2.40. The number of nitrogens with zero attached hydrogens (tertiary/aromatic N) is 1. The van der Waals surface area contributed by atoms with Crippen molar-refractivity contribution in [3.63, 3.8) is 0 Å². The molecule has 0 saturated carbocycles. The van der Waals surface area contributed by atoms with Crippen LogP contribution in [0.1, 0.15) is 19.4 Å². The first kappa shape index (κ1) is 16.2. The second kappa shape index (κ2) is 5.90. The van der Waals surface area contributed by atoms with Crippen LogP contribution in [0.2, 0.25) is 0 Å². The van der Waals surface area contributed by atoms with Gasteiger partial charge >= 0.3 is 12.1 Å². The Balaban J connectivity index is 2.47. The maximum absolute atomic E-state index is 13.0. The zero-order chi connectivity index (χ0) is 16.5. The topological polar surface area (TPSA) is 49.8 Å². The number of hydrogen-bond acceptors (Lipinski definition) is 3. The highest BCUT2D eigenvalue weighted by atomic mass is 19.4. The largest absolute Gasteiger partial charge is 0.478 e. The minimum Gasteiger partial charge on any atom is -0.478 e. The highest BCUT2D eigenvalue weighted by Crippen LogP contribution is 2.38. The van der Waals surface area contributed by atoms with Crippen LogP contribution in [0.15, 0.2) is 23.8 Å². The summed E-state index contributed by atoms with van der Waals surface area (Å²) in [6.07, 6.45) is -6.22. The van der Waals surface area contributed by atoms with E-state index in [9.17, 15) is 18.0 Å². The first-order chi connectivity index (χ1) is 10.3. The van der Waals surface area contributed by atoms with Crippen LogP contribution in [0.4, 0.5) is 18.9 Å². The molecule has 120 valence electrons. The fourth-order valence-corrected chi connectivity index (χ4v) is 2.38. The van der Waals surface area contributed by atoms with Gasteiger partial charge in [0.1, 0.15) is 5.75 Å². The minimum atomic E-state index is -4.78. The van der Waals surface area contributed by atoms with E-state index in [1.807, 2.05) is 18.7 Å². The molecule has 1 heterocycles. The zero-order valence-electron chi connectivity index (χ0n) is 12.1. The predicted octanol–water partition coefficient (Wildman–Crippen LogP) is 3.32. The molecule has 0 aromatic heterocycles. The third kappa shape index (κ3) is 3.03. The van der Waals surface area contributed by atoms with Crippen LogP contribution in [-0.4, -0.2) is 36.4 Å². The zero-order valence-corrected chi connectivity index (χ0v) is 12.1. The molecule has 1 aliphatic heterocycles. The smallest absolute Gasteiger partial charge is 0.430 e. The van der Waals surface area contributed by atoms with Gasteiger partial charge in [-0.1, -0.05) is 0 Å². The lowest BCUT2D eigenvalue weighted by Gasteiger charge is -2.28. The van der Waals surface area contributed by atoms with Crippen LogP contribution in [0.5, 0.6) is 5.75 Å². The van der Waals surface area contributed by atoms with Crippen LogP contribution < -0.4 is 9.64 Å². The van der Waals surface area contributed by atoms with E-state index in [4.69, 9.17) is 9.84 Å². The number of carboxylic acids is 1. The Morgan fingerprint density at radius 2 is 1.95 bits per heavy atom. The molecule has 0 bridgehead atoms. The molecule has 0 saturated heterocycles. The van der Waals surface area contributed by atoms with E-state index in [1.54, 1.807) is 12.1 Å². The molecule has 7 heteroatoms. The molecule has 0 radical (unpaired) electrons. The number of anilines is 1. The minimum absolute atomic E-state index is 0.0386. The maximum Gasteiger partial charge on any atom is 0.430 e. The summed E-state index contributed by atoms with van der Waals surface area (Å²) in [4.78, 5) is 13.0. The Labute approximate surface area is 125 Å². The molecule has 1 aromatic rings. The van der Waals surface area contributed by atoms with Gasteiger partial charge in [0.05, 0.1) is 5.57 Å². The fraction of sp³-hybridized carbons (Fsp3) is 0.400. The Hall–Kier alpha value is -2.18. The van der Waals surface area contributed by atoms with Crippen LogP contribution >= 0.6 is 0 Å². The molecule has 1 atom stereocenters. The molecule has 1 aliphatic rings. The van der Waals surface area contributed by atoms with Gasteiger partial charge in [-0.2, -0.15) is 13.2 Å². The predicted molar refractivity (Wildman–Crippen MR) is 76.1 cm³/mol. The quantitative estimate of drug-likeness (QED) is 0.926. The SMILES string of the molecule is CCN(CC)c1ccc2c(c1)O[C@H](C(F)(F)F)C(C(=O)O)=C2. The lowest BCUT2D eigenvalue weighted by atomic mass is 10.0. The third-order valence-corrected chi connectivity index (χ3v) is 3.51. The molecule has 0 unspecified atom stereocenters. The van der Waals surface area contributed by atoms with Crippen LogP contribution in [0.3, 0.4) is 0 Å². The van der Waals surface area contributed by atoms with Gasteiger partial charge in [-0.05, 0) is 32.1 Å². The molecular weight excluding hydrogens is 299 g/mol. The summed E-state index contributed by atoms with van der Waals surface area (Å²) >= 11 is 0. The van der Waals surface area contributed by atoms with Gasteiger partial charge in [0, 0.05) is 30.4 Å². The van der Waals surface area contributed by atoms with Crippen molar-refractivity contribution in [2.45, 2.75) is 26.1 Å². The normalized spacial score (nSPS) is 17.3. The Morgan fingerprint density at radius 3 is 2.45 bits per heavy atom. The summed E-state index contributed by atoms with van der Waals surface area (Å²) in [5.74, 6) is -1.60. The Bertz CT molecular complexity index is 607. The summed E-state index contributed by atoms with van der Waals surface area (Å²) < 4.78 is 43.9. The van der Waals surface area contributed by atoms with E-state index >= 15 is 0 Å². The summed E-state index contributed by atoms with van der Waals surface area (Å²) in [7, 11) is 0. The van der Waals surface area contributed by atoms with Crippen molar-refractivity contribution in [1.29, 1.82) is 0 Å². The molecule has 22 heavy (non-hydrogen) atoms. The molecule has 0 amide bonds. The number of rotatable bonds is 4. The third-order valence-electron chi connectivity index (χ3n) is 3.51. The number of carboxylic acid groups (broad SMARTS) is 1. The fourth-order valence-electron chi connectivity index (χ4n) is 2.38. The maximum atomic E-state index is 13.0. The van der Waals surface area contributed by atoms with Crippen molar-refractivity contribution in [3.05, 3.63) is 29.3 Å². The highest BCUT2D eigenvalue weighted by Gasteiger charge is 2.48. The van der Waals surface area contributed by atoms with E-state index in [0.717, 1.165) is 11.8 Å². The number of halogens is 3. The van der Waals surface area contributed by atoms with Gasteiger partial charge in [-0.15, -0.1) is 0 Å². The van der Waals surface area contributed by atoms with Gasteiger partial charge in [0.25, 0.3) is 0 Å². The van der Waals surface area contributed by atoms with E-state index in [1.165, 1.54) is 6.07 Å². The van der Waals surface area contributed by atoms with Gasteiger partial charge < -0.3 is 14.7 Å². The highest BCUT2D eigenvalue weighted by molar-refractivity contribution is 5.95. The van der Waals surface area contributed by atoms with Gasteiger partial charge in [0.2, 0.25) is 6.10 Å². The molecule has 2 rings (SSSR count). The molecule has 1 aromatic carbocycles. The molecule has 0 aliphatic carbocycles. The van der Waals surface area contributed by atoms with Crippen molar-refractivity contribution in [3.8, 4) is 5.75 Å². The van der Waals surface area contributed by atoms with E-state index < -0.39 is 23.8 Å². The number of alkyl halides is 3. The number of ether oxygens (including phenoxy) is 1. The van der Waals surface area contributed by atoms with E-state index in [-0.39, 0.29) is 5.75 Å². The second-order valence-corrected chi connectivity index (χ2v) is 4.84. The Morgan fingerprint density at radius 1 is 1.32 bits per heavy atom. The van der Waals surface area contributed by atoms with Crippen LogP contribution in [0.25, 0.3) is 6.08 Å². The van der Waals surface area contributed by atoms with Crippen molar-refractivity contribution < 1.29 is 27.8 Å². The monoisotopic (exact) mass is 315 g/mol. The number of aliphatic carboxylic acids is 1.